The Kier molecular flexibility index (Phi) is 4.26. The first-order valence-corrected chi connectivity index (χ1v) is 6.47. The van der Waals surface area contributed by atoms with Gasteiger partial charge in [-0.3, -0.25) is 0 Å². The fourth-order valence-electron chi connectivity index (χ4n) is 2.31. The van der Waals surface area contributed by atoms with Gasteiger partial charge in [0, 0.05) is 5.69 Å². The molecule has 0 aromatic heterocycles. The molecule has 17 heavy (non-hydrogen) atoms. The summed E-state index contributed by atoms with van der Waals surface area (Å²) in [5.41, 5.74) is 1.06. The molecule has 1 aliphatic rings. The van der Waals surface area contributed by atoms with E-state index >= 15 is 0 Å². The van der Waals surface area contributed by atoms with Crippen LogP contribution in [0.5, 0.6) is 5.75 Å². The van der Waals surface area contributed by atoms with Gasteiger partial charge in [0.2, 0.25) is 0 Å². The smallest absolute Gasteiger partial charge is 0.119 e. The lowest BCUT2D eigenvalue weighted by Gasteiger charge is -2.29. The first kappa shape index (κ1) is 12.2. The maximum absolute atomic E-state index is 9.88. The van der Waals surface area contributed by atoms with Crippen LogP contribution in [0.4, 0.5) is 5.69 Å². The summed E-state index contributed by atoms with van der Waals surface area (Å²) in [7, 11) is 0. The Balaban J connectivity index is 1.93. The van der Waals surface area contributed by atoms with E-state index < -0.39 is 0 Å². The van der Waals surface area contributed by atoms with Gasteiger partial charge < -0.3 is 15.2 Å². The molecule has 0 bridgehead atoms. The summed E-state index contributed by atoms with van der Waals surface area (Å²) in [6.07, 6.45) is 4.09. The topological polar surface area (TPSA) is 41.5 Å². The molecule has 1 fully saturated rings. The lowest BCUT2D eigenvalue weighted by Crippen LogP contribution is -2.36. The van der Waals surface area contributed by atoms with Crippen molar-refractivity contribution >= 4 is 5.69 Å². The predicted molar refractivity (Wildman–Crippen MR) is 69.5 cm³/mol. The molecule has 0 spiro atoms. The van der Waals surface area contributed by atoms with Crippen LogP contribution in [0.3, 0.4) is 0 Å². The third kappa shape index (κ3) is 3.37. The minimum absolute atomic E-state index is 0.196. The molecule has 3 nitrogen and oxygen atoms in total. The van der Waals surface area contributed by atoms with E-state index in [1.54, 1.807) is 0 Å². The molecule has 0 unspecified atom stereocenters. The van der Waals surface area contributed by atoms with E-state index in [2.05, 4.69) is 5.32 Å². The second-order valence-electron chi connectivity index (χ2n) is 4.56. The van der Waals surface area contributed by atoms with Crippen LogP contribution in [-0.2, 0) is 0 Å². The van der Waals surface area contributed by atoms with Gasteiger partial charge in [-0.15, -0.1) is 0 Å². The van der Waals surface area contributed by atoms with Crippen molar-refractivity contribution in [2.75, 3.05) is 11.9 Å². The molecule has 0 aliphatic heterocycles. The third-order valence-electron chi connectivity index (χ3n) is 3.25. The number of aliphatic hydroxyl groups excluding tert-OH is 1. The number of nitrogens with one attached hydrogen (secondary N) is 1. The van der Waals surface area contributed by atoms with E-state index in [1.165, 1.54) is 6.42 Å². The average Bonchev–Trinajstić information content (AvgIpc) is 2.35. The van der Waals surface area contributed by atoms with Crippen LogP contribution in [0.15, 0.2) is 24.3 Å². The van der Waals surface area contributed by atoms with E-state index in [4.69, 9.17) is 4.74 Å². The zero-order valence-corrected chi connectivity index (χ0v) is 10.4. The van der Waals surface area contributed by atoms with E-state index in [9.17, 15) is 5.11 Å². The lowest BCUT2D eigenvalue weighted by molar-refractivity contribution is 0.116. The third-order valence-corrected chi connectivity index (χ3v) is 3.25. The van der Waals surface area contributed by atoms with Crippen molar-refractivity contribution in [2.45, 2.75) is 44.8 Å². The molecular weight excluding hydrogens is 214 g/mol. The minimum Gasteiger partial charge on any atom is -0.494 e. The molecule has 94 valence electrons. The summed E-state index contributed by atoms with van der Waals surface area (Å²) in [6, 6.07) is 8.13. The molecular formula is C14H21NO2. The second-order valence-corrected chi connectivity index (χ2v) is 4.56. The fraction of sp³-hybridized carbons (Fsp3) is 0.571. The number of aliphatic hydroxyl groups is 1. The maximum atomic E-state index is 9.88. The van der Waals surface area contributed by atoms with Crippen LogP contribution in [-0.4, -0.2) is 23.9 Å². The molecule has 1 aromatic rings. The molecule has 0 saturated heterocycles. The summed E-state index contributed by atoms with van der Waals surface area (Å²) < 4.78 is 5.39. The molecule has 0 amide bonds. The van der Waals surface area contributed by atoms with Crippen LogP contribution in [0.25, 0.3) is 0 Å². The van der Waals surface area contributed by atoms with Gasteiger partial charge in [-0.2, -0.15) is 0 Å². The zero-order valence-electron chi connectivity index (χ0n) is 10.4. The normalized spacial score (nSPS) is 24.4. The molecule has 0 heterocycles. The summed E-state index contributed by atoms with van der Waals surface area (Å²) in [5.74, 6) is 0.891. The Morgan fingerprint density at radius 2 is 1.94 bits per heavy atom. The highest BCUT2D eigenvalue weighted by Crippen LogP contribution is 2.23. The van der Waals surface area contributed by atoms with Crippen molar-refractivity contribution in [3.63, 3.8) is 0 Å². The standard InChI is InChI=1S/C14H21NO2/c1-2-17-12-9-7-11(8-10-12)15-13-5-3-4-6-14(13)16/h7-10,13-16H,2-6H2,1H3/t13-,14-/m0/s1. The van der Waals surface area contributed by atoms with Crippen molar-refractivity contribution in [1.29, 1.82) is 0 Å². The quantitative estimate of drug-likeness (QED) is 0.843. The van der Waals surface area contributed by atoms with Crippen LogP contribution in [0, 0.1) is 0 Å². The highest BCUT2D eigenvalue weighted by Gasteiger charge is 2.22. The van der Waals surface area contributed by atoms with Crippen LogP contribution in [0.2, 0.25) is 0 Å². The van der Waals surface area contributed by atoms with Crippen molar-refractivity contribution in [1.82, 2.24) is 0 Å². The molecule has 0 radical (unpaired) electrons. The number of rotatable bonds is 4. The molecule has 1 aromatic carbocycles. The second kappa shape index (κ2) is 5.92. The number of hydrogen-bond donors (Lipinski definition) is 2. The Morgan fingerprint density at radius 1 is 1.24 bits per heavy atom. The van der Waals surface area contributed by atoms with Gasteiger partial charge in [-0.25, -0.2) is 0 Å². The van der Waals surface area contributed by atoms with Gasteiger partial charge >= 0.3 is 0 Å². The predicted octanol–water partition coefficient (Wildman–Crippen LogP) is 2.80. The SMILES string of the molecule is CCOc1ccc(N[C@H]2CCCC[C@@H]2O)cc1. The molecule has 2 N–H and O–H groups in total. The van der Waals surface area contributed by atoms with Crippen LogP contribution in [0.1, 0.15) is 32.6 Å². The van der Waals surface area contributed by atoms with E-state index in [0.29, 0.717) is 6.61 Å². The van der Waals surface area contributed by atoms with E-state index in [0.717, 1.165) is 30.7 Å². The number of benzene rings is 1. The molecule has 1 aliphatic carbocycles. The number of ether oxygens (including phenoxy) is 1. The van der Waals surface area contributed by atoms with Gasteiger partial charge in [-0.05, 0) is 44.0 Å². The Morgan fingerprint density at radius 3 is 2.59 bits per heavy atom. The maximum Gasteiger partial charge on any atom is 0.119 e. The van der Waals surface area contributed by atoms with Gasteiger partial charge in [0.15, 0.2) is 0 Å². The van der Waals surface area contributed by atoms with Crippen molar-refractivity contribution < 1.29 is 9.84 Å². The van der Waals surface area contributed by atoms with Gasteiger partial charge in [0.05, 0.1) is 18.8 Å². The Hall–Kier alpha value is -1.22. The van der Waals surface area contributed by atoms with Crippen LogP contribution < -0.4 is 10.1 Å². The fourth-order valence-corrected chi connectivity index (χ4v) is 2.31. The zero-order chi connectivity index (χ0) is 12.1. The van der Waals surface area contributed by atoms with Crippen molar-refractivity contribution in [3.05, 3.63) is 24.3 Å². The molecule has 2 atom stereocenters. The molecule has 1 saturated carbocycles. The number of hydrogen-bond acceptors (Lipinski definition) is 3. The first-order valence-electron chi connectivity index (χ1n) is 6.47. The Bertz CT molecular complexity index is 337. The van der Waals surface area contributed by atoms with E-state index in [-0.39, 0.29) is 12.1 Å². The molecule has 3 heteroatoms. The Labute approximate surface area is 103 Å². The summed E-state index contributed by atoms with van der Waals surface area (Å²) in [6.45, 7) is 2.67. The average molecular weight is 235 g/mol. The van der Waals surface area contributed by atoms with Gasteiger partial charge in [-0.1, -0.05) is 12.8 Å². The minimum atomic E-state index is -0.213. The van der Waals surface area contributed by atoms with Crippen molar-refractivity contribution in [2.24, 2.45) is 0 Å². The lowest BCUT2D eigenvalue weighted by atomic mass is 9.92. The van der Waals surface area contributed by atoms with E-state index in [1.807, 2.05) is 31.2 Å². The highest BCUT2D eigenvalue weighted by atomic mass is 16.5. The summed E-state index contributed by atoms with van der Waals surface area (Å²) >= 11 is 0. The first-order chi connectivity index (χ1) is 8.29. The van der Waals surface area contributed by atoms with Gasteiger partial charge in [0.1, 0.15) is 5.75 Å². The van der Waals surface area contributed by atoms with Crippen LogP contribution >= 0.6 is 0 Å². The highest BCUT2D eigenvalue weighted by molar-refractivity contribution is 5.47. The summed E-state index contributed by atoms with van der Waals surface area (Å²) in [5, 5.41) is 13.3. The van der Waals surface area contributed by atoms with Crippen molar-refractivity contribution in [3.8, 4) is 5.75 Å². The largest absolute Gasteiger partial charge is 0.494 e. The van der Waals surface area contributed by atoms with Gasteiger partial charge in [0.25, 0.3) is 0 Å². The molecule has 2 rings (SSSR count). The number of anilines is 1. The summed E-state index contributed by atoms with van der Waals surface area (Å²) in [4.78, 5) is 0. The monoisotopic (exact) mass is 235 g/mol.